The largest absolute Gasteiger partial charge is 0.366 e. The Balaban J connectivity index is 1.95. The van der Waals surface area contributed by atoms with E-state index in [2.05, 4.69) is 11.0 Å². The molecule has 0 saturated heterocycles. The van der Waals surface area contributed by atoms with Crippen molar-refractivity contribution in [3.8, 4) is 6.07 Å². The van der Waals surface area contributed by atoms with Gasteiger partial charge in [-0.25, -0.2) is 0 Å². The van der Waals surface area contributed by atoms with Crippen LogP contribution >= 0.6 is 0 Å². The number of nitrogens with zero attached hydrogens (tertiary/aromatic N) is 2. The second-order valence-electron chi connectivity index (χ2n) is 4.88. The van der Waals surface area contributed by atoms with Crippen molar-refractivity contribution < 1.29 is 4.79 Å². The van der Waals surface area contributed by atoms with Gasteiger partial charge in [-0.05, 0) is 23.8 Å². The number of para-hydroxylation sites is 1. The SMILES string of the molecule is N#Cc1ccccc1CN1CCC(=O)c2ccccc21. The fraction of sp³-hybridized carbons (Fsp3) is 0.176. The molecule has 98 valence electrons. The molecule has 0 saturated carbocycles. The van der Waals surface area contributed by atoms with Gasteiger partial charge in [0.2, 0.25) is 0 Å². The number of ketones is 1. The van der Waals surface area contributed by atoms with Crippen LogP contribution in [0.3, 0.4) is 0 Å². The lowest BCUT2D eigenvalue weighted by atomic mass is 9.99. The van der Waals surface area contributed by atoms with Gasteiger partial charge in [0.1, 0.15) is 0 Å². The molecule has 0 radical (unpaired) electrons. The van der Waals surface area contributed by atoms with Gasteiger partial charge >= 0.3 is 0 Å². The first-order valence-electron chi connectivity index (χ1n) is 6.65. The minimum atomic E-state index is 0.199. The number of hydrogen-bond donors (Lipinski definition) is 0. The fourth-order valence-corrected chi connectivity index (χ4v) is 2.61. The molecular weight excluding hydrogens is 248 g/mol. The molecule has 0 N–H and O–H groups in total. The molecule has 0 atom stereocenters. The molecule has 0 amide bonds. The number of carbonyl (C=O) groups is 1. The molecule has 3 nitrogen and oxygen atoms in total. The Morgan fingerprint density at radius 2 is 1.85 bits per heavy atom. The summed E-state index contributed by atoms with van der Waals surface area (Å²) in [5.41, 5.74) is 3.45. The Hall–Kier alpha value is -2.60. The number of hydrogen-bond acceptors (Lipinski definition) is 3. The number of rotatable bonds is 2. The van der Waals surface area contributed by atoms with Crippen molar-refractivity contribution in [2.75, 3.05) is 11.4 Å². The lowest BCUT2D eigenvalue weighted by molar-refractivity contribution is 0.0979. The van der Waals surface area contributed by atoms with E-state index in [-0.39, 0.29) is 5.78 Å². The highest BCUT2D eigenvalue weighted by molar-refractivity contribution is 6.03. The summed E-state index contributed by atoms with van der Waals surface area (Å²) < 4.78 is 0. The molecule has 0 unspecified atom stereocenters. The van der Waals surface area contributed by atoms with E-state index in [1.807, 2.05) is 48.5 Å². The summed E-state index contributed by atoms with van der Waals surface area (Å²) in [6.07, 6.45) is 0.533. The summed E-state index contributed by atoms with van der Waals surface area (Å²) in [5, 5.41) is 9.16. The first kappa shape index (κ1) is 12.4. The van der Waals surface area contributed by atoms with E-state index in [0.717, 1.165) is 16.8 Å². The quantitative estimate of drug-likeness (QED) is 0.835. The second kappa shape index (κ2) is 5.18. The highest BCUT2D eigenvalue weighted by atomic mass is 16.1. The van der Waals surface area contributed by atoms with Crippen LogP contribution in [0.5, 0.6) is 0 Å². The van der Waals surface area contributed by atoms with E-state index in [1.165, 1.54) is 0 Å². The van der Waals surface area contributed by atoms with Crippen LogP contribution in [0.15, 0.2) is 48.5 Å². The van der Waals surface area contributed by atoms with Crippen LogP contribution in [0.4, 0.5) is 5.69 Å². The summed E-state index contributed by atoms with van der Waals surface area (Å²) in [4.78, 5) is 14.1. The maximum atomic E-state index is 11.9. The maximum absolute atomic E-state index is 11.9. The van der Waals surface area contributed by atoms with Gasteiger partial charge in [0.15, 0.2) is 5.78 Å². The molecule has 2 aromatic rings. The Morgan fingerprint density at radius 3 is 2.70 bits per heavy atom. The van der Waals surface area contributed by atoms with Crippen molar-refractivity contribution in [3.05, 3.63) is 65.2 Å². The molecule has 0 bridgehead atoms. The molecule has 0 aliphatic carbocycles. The molecule has 1 aliphatic heterocycles. The highest BCUT2D eigenvalue weighted by Gasteiger charge is 2.22. The zero-order valence-electron chi connectivity index (χ0n) is 11.0. The van der Waals surface area contributed by atoms with Gasteiger partial charge < -0.3 is 4.90 Å². The lowest BCUT2D eigenvalue weighted by Gasteiger charge is -2.30. The van der Waals surface area contributed by atoms with Gasteiger partial charge in [-0.2, -0.15) is 5.26 Å². The maximum Gasteiger partial charge on any atom is 0.166 e. The number of fused-ring (bicyclic) bond motifs is 1. The summed E-state index contributed by atoms with van der Waals surface area (Å²) in [7, 11) is 0. The first-order chi connectivity index (χ1) is 9.79. The second-order valence-corrected chi connectivity index (χ2v) is 4.88. The molecular formula is C17H14N2O. The van der Waals surface area contributed by atoms with Gasteiger partial charge in [-0.1, -0.05) is 30.3 Å². The predicted octanol–water partition coefficient (Wildman–Crippen LogP) is 3.15. The summed E-state index contributed by atoms with van der Waals surface area (Å²) in [5.74, 6) is 0.199. The Bertz CT molecular complexity index is 700. The van der Waals surface area contributed by atoms with E-state index in [1.54, 1.807) is 0 Å². The van der Waals surface area contributed by atoms with Crippen LogP contribution < -0.4 is 4.90 Å². The van der Waals surface area contributed by atoms with Gasteiger partial charge in [0.25, 0.3) is 0 Å². The standard InChI is InChI=1S/C17H14N2O/c18-11-13-5-1-2-6-14(13)12-19-10-9-17(20)15-7-3-4-8-16(15)19/h1-8H,9-10,12H2. The van der Waals surface area contributed by atoms with Crippen molar-refractivity contribution in [1.29, 1.82) is 5.26 Å². The van der Waals surface area contributed by atoms with Crippen molar-refractivity contribution in [3.63, 3.8) is 0 Å². The third-order valence-electron chi connectivity index (χ3n) is 3.65. The van der Waals surface area contributed by atoms with Gasteiger partial charge in [-0.15, -0.1) is 0 Å². The topological polar surface area (TPSA) is 44.1 Å². The van der Waals surface area contributed by atoms with Crippen LogP contribution in [0.25, 0.3) is 0 Å². The lowest BCUT2D eigenvalue weighted by Crippen LogP contribution is -2.31. The van der Waals surface area contributed by atoms with E-state index in [0.29, 0.717) is 25.1 Å². The number of anilines is 1. The Labute approximate surface area is 118 Å². The summed E-state index contributed by atoms with van der Waals surface area (Å²) in [6, 6.07) is 17.5. The first-order valence-corrected chi connectivity index (χ1v) is 6.65. The van der Waals surface area contributed by atoms with Crippen LogP contribution in [-0.2, 0) is 6.54 Å². The molecule has 2 aromatic carbocycles. The van der Waals surface area contributed by atoms with Crippen LogP contribution in [0.1, 0.15) is 27.9 Å². The molecule has 3 heteroatoms. The highest BCUT2D eigenvalue weighted by Crippen LogP contribution is 2.28. The molecule has 0 spiro atoms. The Kier molecular flexibility index (Phi) is 3.22. The molecule has 0 fully saturated rings. The average Bonchev–Trinajstić information content (AvgIpc) is 2.51. The third-order valence-corrected chi connectivity index (χ3v) is 3.65. The molecule has 3 rings (SSSR count). The molecule has 1 heterocycles. The van der Waals surface area contributed by atoms with Crippen LogP contribution in [0.2, 0.25) is 0 Å². The van der Waals surface area contributed by atoms with Crippen LogP contribution in [0, 0.1) is 11.3 Å². The molecule has 0 aromatic heterocycles. The van der Waals surface area contributed by atoms with Crippen molar-refractivity contribution in [2.24, 2.45) is 0 Å². The molecule has 20 heavy (non-hydrogen) atoms. The van der Waals surface area contributed by atoms with Gasteiger partial charge in [0.05, 0.1) is 11.6 Å². The van der Waals surface area contributed by atoms with Gasteiger partial charge in [-0.3, -0.25) is 4.79 Å². The summed E-state index contributed by atoms with van der Waals surface area (Å²) in [6.45, 7) is 1.36. The number of Topliss-reactive ketones (excluding diaryl/α,β-unsaturated/α-hetero) is 1. The monoisotopic (exact) mass is 262 g/mol. The minimum Gasteiger partial charge on any atom is -0.366 e. The van der Waals surface area contributed by atoms with Gasteiger partial charge in [0, 0.05) is 30.8 Å². The summed E-state index contributed by atoms with van der Waals surface area (Å²) >= 11 is 0. The fourth-order valence-electron chi connectivity index (χ4n) is 2.61. The smallest absolute Gasteiger partial charge is 0.166 e. The number of benzene rings is 2. The van der Waals surface area contributed by atoms with E-state index in [4.69, 9.17) is 5.26 Å². The molecule has 1 aliphatic rings. The van der Waals surface area contributed by atoms with E-state index >= 15 is 0 Å². The zero-order chi connectivity index (χ0) is 13.9. The number of nitriles is 1. The normalized spacial score (nSPS) is 13.8. The average molecular weight is 262 g/mol. The van der Waals surface area contributed by atoms with Crippen molar-refractivity contribution >= 4 is 11.5 Å². The zero-order valence-corrected chi connectivity index (χ0v) is 11.0. The Morgan fingerprint density at radius 1 is 1.10 bits per heavy atom. The van der Waals surface area contributed by atoms with Crippen molar-refractivity contribution in [1.82, 2.24) is 0 Å². The van der Waals surface area contributed by atoms with Crippen LogP contribution in [-0.4, -0.2) is 12.3 Å². The number of carbonyl (C=O) groups excluding carboxylic acids is 1. The minimum absolute atomic E-state index is 0.199. The van der Waals surface area contributed by atoms with Crippen molar-refractivity contribution in [2.45, 2.75) is 13.0 Å². The predicted molar refractivity (Wildman–Crippen MR) is 77.6 cm³/mol. The van der Waals surface area contributed by atoms with E-state index in [9.17, 15) is 4.79 Å². The third kappa shape index (κ3) is 2.17. The van der Waals surface area contributed by atoms with E-state index < -0.39 is 0 Å².